The first-order valence-corrected chi connectivity index (χ1v) is 8.78. The van der Waals surface area contributed by atoms with Gasteiger partial charge in [-0.1, -0.05) is 48.6 Å². The molecule has 0 saturated heterocycles. The number of unbranched alkanes of at least 4 members (excludes halogenated alkanes) is 1. The average Bonchev–Trinajstić information content (AvgIpc) is 2.95. The Balaban J connectivity index is 1.98. The Morgan fingerprint density at radius 2 is 2.27 bits per heavy atom. The second-order valence-electron chi connectivity index (χ2n) is 4.77. The standard InChI is InChI=1S/C14H18N4O2S2/c1-3-4-8-15-13-16-17-14(22-13)21-10(2)11-6-5-7-12(9-11)18(19)20/h5-7,9-10H,3-4,8H2,1-2H3,(H,15,16). The van der Waals surface area contributed by atoms with Crippen LogP contribution in [0.2, 0.25) is 0 Å². The third-order valence-corrected chi connectivity index (χ3v) is 5.16. The van der Waals surface area contributed by atoms with Crippen LogP contribution in [0.15, 0.2) is 28.6 Å². The van der Waals surface area contributed by atoms with Gasteiger partial charge in [0.05, 0.1) is 4.92 Å². The number of nitro groups is 1. The lowest BCUT2D eigenvalue weighted by molar-refractivity contribution is -0.384. The topological polar surface area (TPSA) is 81.0 Å². The van der Waals surface area contributed by atoms with Crippen LogP contribution in [0.4, 0.5) is 10.8 Å². The smallest absolute Gasteiger partial charge is 0.269 e. The minimum atomic E-state index is -0.373. The number of nitrogens with zero attached hydrogens (tertiary/aromatic N) is 3. The normalized spacial score (nSPS) is 12.1. The van der Waals surface area contributed by atoms with Crippen LogP contribution in [-0.2, 0) is 0 Å². The van der Waals surface area contributed by atoms with Gasteiger partial charge in [-0.2, -0.15) is 0 Å². The van der Waals surface area contributed by atoms with E-state index in [9.17, 15) is 10.1 Å². The Morgan fingerprint density at radius 1 is 1.45 bits per heavy atom. The van der Waals surface area contributed by atoms with E-state index in [0.717, 1.165) is 34.4 Å². The number of nitrogens with one attached hydrogen (secondary N) is 1. The van der Waals surface area contributed by atoms with E-state index in [1.54, 1.807) is 23.9 Å². The van der Waals surface area contributed by atoms with Crippen LogP contribution in [0.25, 0.3) is 0 Å². The minimum absolute atomic E-state index is 0.0799. The van der Waals surface area contributed by atoms with Gasteiger partial charge in [0, 0.05) is 23.9 Å². The molecular formula is C14H18N4O2S2. The quantitative estimate of drug-likeness (QED) is 0.330. The van der Waals surface area contributed by atoms with Crippen molar-refractivity contribution >= 4 is 33.9 Å². The van der Waals surface area contributed by atoms with Crippen molar-refractivity contribution < 1.29 is 4.92 Å². The van der Waals surface area contributed by atoms with Gasteiger partial charge in [-0.25, -0.2) is 0 Å². The molecule has 2 rings (SSSR count). The minimum Gasteiger partial charge on any atom is -0.360 e. The van der Waals surface area contributed by atoms with E-state index >= 15 is 0 Å². The number of thioether (sulfide) groups is 1. The summed E-state index contributed by atoms with van der Waals surface area (Å²) < 4.78 is 0.859. The number of nitro benzene ring substituents is 1. The highest BCUT2D eigenvalue weighted by atomic mass is 32.2. The summed E-state index contributed by atoms with van der Waals surface area (Å²) in [6.07, 6.45) is 2.24. The molecule has 0 spiro atoms. The number of anilines is 1. The van der Waals surface area contributed by atoms with E-state index in [-0.39, 0.29) is 15.9 Å². The van der Waals surface area contributed by atoms with Gasteiger partial charge in [0.1, 0.15) is 0 Å². The van der Waals surface area contributed by atoms with Crippen molar-refractivity contribution in [3.8, 4) is 0 Å². The lowest BCUT2D eigenvalue weighted by Crippen LogP contribution is -1.99. The van der Waals surface area contributed by atoms with Crippen LogP contribution in [0.5, 0.6) is 0 Å². The summed E-state index contributed by atoms with van der Waals surface area (Å²) >= 11 is 3.07. The molecule has 8 heteroatoms. The van der Waals surface area contributed by atoms with Gasteiger partial charge in [-0.05, 0) is 18.9 Å². The Morgan fingerprint density at radius 3 is 3.00 bits per heavy atom. The van der Waals surface area contributed by atoms with Crippen LogP contribution in [0.1, 0.15) is 37.5 Å². The maximum Gasteiger partial charge on any atom is 0.269 e. The molecule has 1 unspecified atom stereocenters. The second kappa shape index (κ2) is 8.09. The Kier molecular flexibility index (Phi) is 6.14. The summed E-state index contributed by atoms with van der Waals surface area (Å²) in [6, 6.07) is 6.72. The predicted molar refractivity (Wildman–Crippen MR) is 90.7 cm³/mol. The number of non-ortho nitro benzene ring substituents is 1. The lowest BCUT2D eigenvalue weighted by atomic mass is 10.1. The van der Waals surface area contributed by atoms with Gasteiger partial charge < -0.3 is 5.32 Å². The number of hydrogen-bond donors (Lipinski definition) is 1. The first-order chi connectivity index (χ1) is 10.6. The van der Waals surface area contributed by atoms with E-state index in [0.29, 0.717) is 0 Å². The molecule has 0 fully saturated rings. The molecule has 1 aromatic carbocycles. The van der Waals surface area contributed by atoms with E-state index in [2.05, 4.69) is 22.4 Å². The van der Waals surface area contributed by atoms with Gasteiger partial charge in [-0.3, -0.25) is 10.1 Å². The number of rotatable bonds is 8. The first-order valence-electron chi connectivity index (χ1n) is 7.08. The molecule has 0 bridgehead atoms. The van der Waals surface area contributed by atoms with Gasteiger partial charge in [0.25, 0.3) is 5.69 Å². The fraction of sp³-hybridized carbons (Fsp3) is 0.429. The Labute approximate surface area is 137 Å². The summed E-state index contributed by atoms with van der Waals surface area (Å²) in [5.41, 5.74) is 1.03. The van der Waals surface area contributed by atoms with Gasteiger partial charge >= 0.3 is 0 Å². The third kappa shape index (κ3) is 4.67. The fourth-order valence-electron chi connectivity index (χ4n) is 1.81. The van der Waals surface area contributed by atoms with Crippen molar-refractivity contribution in [1.29, 1.82) is 0 Å². The van der Waals surface area contributed by atoms with Crippen LogP contribution in [0, 0.1) is 10.1 Å². The van der Waals surface area contributed by atoms with Crippen LogP contribution >= 0.6 is 23.1 Å². The van der Waals surface area contributed by atoms with Gasteiger partial charge in [-0.15, -0.1) is 10.2 Å². The first kappa shape index (κ1) is 16.7. The summed E-state index contributed by atoms with van der Waals surface area (Å²) in [5, 5.41) is 23.2. The van der Waals surface area contributed by atoms with Gasteiger partial charge in [0.15, 0.2) is 4.34 Å². The van der Waals surface area contributed by atoms with Crippen molar-refractivity contribution in [1.82, 2.24) is 10.2 Å². The van der Waals surface area contributed by atoms with Crippen LogP contribution in [-0.4, -0.2) is 21.7 Å². The van der Waals surface area contributed by atoms with Crippen LogP contribution in [0.3, 0.4) is 0 Å². The zero-order chi connectivity index (χ0) is 15.9. The molecule has 0 radical (unpaired) electrons. The molecule has 0 amide bonds. The molecule has 2 aromatic rings. The van der Waals surface area contributed by atoms with Crippen molar-refractivity contribution in [3.63, 3.8) is 0 Å². The number of hydrogen-bond acceptors (Lipinski definition) is 7. The highest BCUT2D eigenvalue weighted by Crippen LogP contribution is 2.38. The monoisotopic (exact) mass is 338 g/mol. The molecule has 1 atom stereocenters. The van der Waals surface area contributed by atoms with Gasteiger partial charge in [0.2, 0.25) is 5.13 Å². The van der Waals surface area contributed by atoms with E-state index < -0.39 is 0 Å². The lowest BCUT2D eigenvalue weighted by Gasteiger charge is -2.08. The summed E-state index contributed by atoms with van der Waals surface area (Å²) in [4.78, 5) is 10.5. The largest absolute Gasteiger partial charge is 0.360 e. The predicted octanol–water partition coefficient (Wildman–Crippen LogP) is 4.51. The summed E-state index contributed by atoms with van der Waals surface area (Å²) in [7, 11) is 0. The zero-order valence-electron chi connectivity index (χ0n) is 12.5. The van der Waals surface area contributed by atoms with E-state index in [1.807, 2.05) is 13.0 Å². The molecule has 118 valence electrons. The van der Waals surface area contributed by atoms with Crippen molar-refractivity contribution in [2.24, 2.45) is 0 Å². The van der Waals surface area contributed by atoms with Crippen LogP contribution < -0.4 is 5.32 Å². The van der Waals surface area contributed by atoms with Crippen molar-refractivity contribution in [2.45, 2.75) is 36.3 Å². The second-order valence-corrected chi connectivity index (χ2v) is 7.33. The zero-order valence-corrected chi connectivity index (χ0v) is 14.1. The molecule has 6 nitrogen and oxygen atoms in total. The SMILES string of the molecule is CCCCNc1nnc(SC(C)c2cccc([N+](=O)[O-])c2)s1. The maximum atomic E-state index is 10.8. The van der Waals surface area contributed by atoms with Crippen molar-refractivity contribution in [3.05, 3.63) is 39.9 Å². The molecule has 0 saturated carbocycles. The summed E-state index contributed by atoms with van der Waals surface area (Å²) in [5.74, 6) is 0. The van der Waals surface area contributed by atoms with E-state index in [1.165, 1.54) is 17.4 Å². The summed E-state index contributed by atoms with van der Waals surface area (Å²) in [6.45, 7) is 5.05. The molecular weight excluding hydrogens is 320 g/mol. The molecule has 0 aliphatic heterocycles. The Bertz CT molecular complexity index is 633. The number of aromatic nitrogens is 2. The molecule has 0 aliphatic carbocycles. The molecule has 22 heavy (non-hydrogen) atoms. The fourth-order valence-corrected chi connectivity index (χ4v) is 3.85. The molecule has 1 N–H and O–H groups in total. The third-order valence-electron chi connectivity index (χ3n) is 3.04. The molecule has 0 aliphatic rings. The maximum absolute atomic E-state index is 10.8. The highest BCUT2D eigenvalue weighted by molar-refractivity contribution is 8.01. The number of benzene rings is 1. The van der Waals surface area contributed by atoms with E-state index in [4.69, 9.17) is 0 Å². The molecule has 1 heterocycles. The highest BCUT2D eigenvalue weighted by Gasteiger charge is 2.14. The average molecular weight is 338 g/mol. The molecule has 1 aromatic heterocycles. The Hall–Kier alpha value is -1.67. The van der Waals surface area contributed by atoms with Crippen molar-refractivity contribution in [2.75, 3.05) is 11.9 Å².